The van der Waals surface area contributed by atoms with E-state index in [4.69, 9.17) is 74.0 Å². The maximum absolute atomic E-state index is 5.95. The second-order valence-electron chi connectivity index (χ2n) is 7.35. The first-order valence-electron chi connectivity index (χ1n) is 9.92. The molecule has 0 atom stereocenters. The first kappa shape index (κ1) is 24.5. The summed E-state index contributed by atoms with van der Waals surface area (Å²) in [6, 6.07) is 21.0. The third-order valence-electron chi connectivity index (χ3n) is 4.95. The van der Waals surface area contributed by atoms with Crippen LogP contribution in [0.25, 0.3) is 45.1 Å². The predicted molar refractivity (Wildman–Crippen MR) is 140 cm³/mol. The van der Waals surface area contributed by atoms with Gasteiger partial charge in [-0.15, -0.1) is 10.2 Å². The molecule has 0 aliphatic rings. The normalized spacial score (nSPS) is 12.3. The van der Waals surface area contributed by atoms with E-state index in [0.717, 1.165) is 16.3 Å². The summed E-state index contributed by atoms with van der Waals surface area (Å²) in [5.74, 6) is 0.576. The van der Waals surface area contributed by atoms with Crippen molar-refractivity contribution < 1.29 is 4.42 Å². The maximum atomic E-state index is 5.95. The van der Waals surface area contributed by atoms with Gasteiger partial charge < -0.3 is 4.42 Å². The lowest BCUT2D eigenvalue weighted by atomic mass is 10.1. The summed E-state index contributed by atoms with van der Waals surface area (Å²) in [5.41, 5.74) is 2.07. The van der Waals surface area contributed by atoms with Crippen LogP contribution in [-0.4, -0.2) is 25.1 Å². The van der Waals surface area contributed by atoms with Gasteiger partial charge in [0.25, 0.3) is 0 Å². The molecule has 6 nitrogen and oxygen atoms in total. The molecule has 5 rings (SSSR count). The molecule has 176 valence electrons. The minimum Gasteiger partial charge on any atom is -0.416 e. The topological polar surface area (TPSA) is 77.6 Å². The molecule has 35 heavy (non-hydrogen) atoms. The number of hydrogen-bond donors (Lipinski definition) is 0. The average Bonchev–Trinajstić information content (AvgIpc) is 3.33. The van der Waals surface area contributed by atoms with Gasteiger partial charge in [-0.25, -0.2) is 15.0 Å². The van der Waals surface area contributed by atoms with Gasteiger partial charge >= 0.3 is 0 Å². The molecule has 3 aromatic carbocycles. The molecule has 0 aliphatic carbocycles. The van der Waals surface area contributed by atoms with E-state index in [2.05, 4.69) is 25.1 Å². The predicted octanol–water partition coefficient (Wildman–Crippen LogP) is 8.06. The van der Waals surface area contributed by atoms with Crippen LogP contribution in [0.5, 0.6) is 0 Å². The molecular weight excluding hydrogens is 575 g/mol. The van der Waals surface area contributed by atoms with Crippen LogP contribution in [0.1, 0.15) is 11.6 Å². The third-order valence-corrected chi connectivity index (χ3v) is 5.97. The van der Waals surface area contributed by atoms with Crippen molar-refractivity contribution in [3.8, 4) is 34.3 Å². The second kappa shape index (κ2) is 9.36. The number of alkyl halides is 6. The second-order valence-corrected chi connectivity index (χ2v) is 11.9. The van der Waals surface area contributed by atoms with Crippen LogP contribution < -0.4 is 0 Å². The van der Waals surface area contributed by atoms with Gasteiger partial charge in [0, 0.05) is 16.7 Å². The fraction of sp³-hybridized carbons (Fsp3) is 0.0870. The smallest absolute Gasteiger partial charge is 0.250 e. The number of fused-ring (bicyclic) bond motifs is 1. The summed E-state index contributed by atoms with van der Waals surface area (Å²) in [6.07, 6.45) is 0. The van der Waals surface area contributed by atoms with Gasteiger partial charge in [0.05, 0.1) is 0 Å². The Morgan fingerprint density at radius 2 is 1.06 bits per heavy atom. The van der Waals surface area contributed by atoms with Crippen LogP contribution in [0.4, 0.5) is 0 Å². The Kier molecular flexibility index (Phi) is 6.55. The average molecular weight is 586 g/mol. The molecule has 0 saturated carbocycles. The lowest BCUT2D eigenvalue weighted by Crippen LogP contribution is -2.16. The Labute approximate surface area is 229 Å². The van der Waals surface area contributed by atoms with Crippen molar-refractivity contribution in [3.63, 3.8) is 0 Å². The van der Waals surface area contributed by atoms with Crippen LogP contribution >= 0.6 is 69.6 Å². The number of halogens is 6. The van der Waals surface area contributed by atoms with Gasteiger partial charge in [-0.1, -0.05) is 112 Å². The summed E-state index contributed by atoms with van der Waals surface area (Å²) < 4.78 is 2.03. The molecule has 2 heterocycles. The van der Waals surface area contributed by atoms with Crippen LogP contribution in [0.15, 0.2) is 71.1 Å². The minimum absolute atomic E-state index is 0.164. The number of aromatic nitrogens is 5. The molecular formula is C23H11Cl6N5O. The molecule has 0 N–H and O–H groups in total. The number of nitrogens with zero attached hydrogens (tertiary/aromatic N) is 5. The number of rotatable bonds is 3. The first-order valence-corrected chi connectivity index (χ1v) is 12.2. The van der Waals surface area contributed by atoms with Crippen molar-refractivity contribution >= 4 is 80.4 Å². The molecule has 0 bridgehead atoms. The molecule has 0 fully saturated rings. The van der Waals surface area contributed by atoms with E-state index in [-0.39, 0.29) is 17.5 Å². The van der Waals surface area contributed by atoms with E-state index < -0.39 is 7.59 Å². The van der Waals surface area contributed by atoms with Crippen molar-refractivity contribution in [3.05, 3.63) is 78.4 Å². The molecule has 2 aromatic heterocycles. The highest BCUT2D eigenvalue weighted by Gasteiger charge is 2.34. The molecule has 0 radical (unpaired) electrons. The fourth-order valence-electron chi connectivity index (χ4n) is 3.30. The van der Waals surface area contributed by atoms with Crippen LogP contribution in [0, 0.1) is 0 Å². The molecule has 0 saturated heterocycles. The highest BCUT2D eigenvalue weighted by atomic mass is 35.6. The van der Waals surface area contributed by atoms with Gasteiger partial charge in [-0.2, -0.15) is 0 Å². The first-order chi connectivity index (χ1) is 16.6. The Bertz CT molecular complexity index is 1490. The monoisotopic (exact) mass is 583 g/mol. The molecule has 12 heteroatoms. The van der Waals surface area contributed by atoms with Gasteiger partial charge in [0.1, 0.15) is 0 Å². The van der Waals surface area contributed by atoms with Crippen molar-refractivity contribution in [1.29, 1.82) is 0 Å². The Morgan fingerprint density at radius 1 is 0.543 bits per heavy atom. The lowest BCUT2D eigenvalue weighted by Gasteiger charge is -2.15. The van der Waals surface area contributed by atoms with E-state index >= 15 is 0 Å². The number of hydrogen-bond acceptors (Lipinski definition) is 6. The van der Waals surface area contributed by atoms with Gasteiger partial charge in [-0.05, 0) is 35.0 Å². The van der Waals surface area contributed by atoms with E-state index in [1.807, 2.05) is 42.5 Å². The SMILES string of the molecule is ClC(Cl)(Cl)c1nc(-c2ccc(-c3nnc(-c4ccc5ccccc5c4)o3)cc2)nc(C(Cl)(Cl)Cl)n1. The van der Waals surface area contributed by atoms with E-state index in [9.17, 15) is 0 Å². The Morgan fingerprint density at radius 3 is 1.66 bits per heavy atom. The zero-order valence-electron chi connectivity index (χ0n) is 17.3. The van der Waals surface area contributed by atoms with Crippen LogP contribution in [-0.2, 0) is 7.59 Å². The van der Waals surface area contributed by atoms with Gasteiger partial charge in [-0.3, -0.25) is 0 Å². The van der Waals surface area contributed by atoms with E-state index in [1.165, 1.54) is 0 Å². The standard InChI is InChI=1S/C23H11Cl6N5O/c24-22(25,26)20-30-17(31-21(32-20)23(27,28)29)13-6-8-14(9-7-13)18-33-34-19(35-18)16-10-5-12-3-1-2-4-15(12)11-16/h1-11H. The van der Waals surface area contributed by atoms with Crippen molar-refractivity contribution in [1.82, 2.24) is 25.1 Å². The van der Waals surface area contributed by atoms with E-state index in [1.54, 1.807) is 24.3 Å². The number of benzene rings is 3. The molecule has 0 aliphatic heterocycles. The van der Waals surface area contributed by atoms with E-state index in [0.29, 0.717) is 22.9 Å². The Hall–Kier alpha value is -2.19. The molecule has 5 aromatic rings. The molecule has 0 amide bonds. The third kappa shape index (κ3) is 5.33. The summed E-state index contributed by atoms with van der Waals surface area (Å²) in [5, 5.41) is 10.6. The quantitative estimate of drug-likeness (QED) is 0.199. The lowest BCUT2D eigenvalue weighted by molar-refractivity contribution is 0.584. The van der Waals surface area contributed by atoms with Crippen molar-refractivity contribution in [2.24, 2.45) is 0 Å². The Balaban J connectivity index is 1.46. The van der Waals surface area contributed by atoms with Crippen molar-refractivity contribution in [2.75, 3.05) is 0 Å². The largest absolute Gasteiger partial charge is 0.416 e. The zero-order chi connectivity index (χ0) is 24.8. The maximum Gasteiger partial charge on any atom is 0.250 e. The summed E-state index contributed by atoms with van der Waals surface area (Å²) in [4.78, 5) is 12.4. The van der Waals surface area contributed by atoms with Crippen LogP contribution in [0.2, 0.25) is 0 Å². The zero-order valence-corrected chi connectivity index (χ0v) is 21.8. The van der Waals surface area contributed by atoms with Gasteiger partial charge in [0.2, 0.25) is 19.4 Å². The minimum atomic E-state index is -1.94. The summed E-state index contributed by atoms with van der Waals surface area (Å²) >= 11 is 35.7. The highest BCUT2D eigenvalue weighted by Crippen LogP contribution is 2.41. The summed E-state index contributed by atoms with van der Waals surface area (Å²) in [7, 11) is 0. The summed E-state index contributed by atoms with van der Waals surface area (Å²) in [6.45, 7) is 0. The molecule has 0 spiro atoms. The fourth-order valence-corrected chi connectivity index (χ4v) is 3.81. The molecule has 0 unspecified atom stereocenters. The van der Waals surface area contributed by atoms with Crippen LogP contribution in [0.3, 0.4) is 0 Å². The van der Waals surface area contributed by atoms with Crippen molar-refractivity contribution in [2.45, 2.75) is 7.59 Å². The van der Waals surface area contributed by atoms with Gasteiger partial charge in [0.15, 0.2) is 17.5 Å². The highest BCUT2D eigenvalue weighted by molar-refractivity contribution is 6.67.